The highest BCUT2D eigenvalue weighted by molar-refractivity contribution is 5.46. The fraction of sp³-hybridized carbons (Fsp3) is 0.727. The van der Waals surface area contributed by atoms with E-state index in [1.165, 1.54) is 5.56 Å². The Kier molecular flexibility index (Phi) is 3.66. The van der Waals surface area contributed by atoms with E-state index in [-0.39, 0.29) is 0 Å². The van der Waals surface area contributed by atoms with E-state index in [4.69, 9.17) is 5.84 Å². The maximum atomic E-state index is 5.55. The van der Waals surface area contributed by atoms with Crippen LogP contribution in [0.1, 0.15) is 11.3 Å². The van der Waals surface area contributed by atoms with E-state index in [0.717, 1.165) is 44.2 Å². The quantitative estimate of drug-likeness (QED) is 0.562. The Morgan fingerprint density at radius 2 is 1.88 bits per heavy atom. The van der Waals surface area contributed by atoms with Gasteiger partial charge in [-0.25, -0.2) is 5.84 Å². The lowest BCUT2D eigenvalue weighted by Gasteiger charge is -2.32. The van der Waals surface area contributed by atoms with E-state index >= 15 is 0 Å². The van der Waals surface area contributed by atoms with Crippen molar-refractivity contribution in [1.29, 1.82) is 0 Å². The molecule has 0 saturated carbocycles. The molecule has 96 valence electrons. The second kappa shape index (κ2) is 5.03. The fourth-order valence-electron chi connectivity index (χ4n) is 2.30. The summed E-state index contributed by atoms with van der Waals surface area (Å²) in [4.78, 5) is 4.81. The van der Waals surface area contributed by atoms with Gasteiger partial charge in [-0.15, -0.1) is 0 Å². The van der Waals surface area contributed by atoms with Crippen molar-refractivity contribution in [3.8, 4) is 0 Å². The highest BCUT2D eigenvalue weighted by atomic mass is 15.4. The molecule has 6 nitrogen and oxygen atoms in total. The Balaban J connectivity index is 2.08. The van der Waals surface area contributed by atoms with Crippen molar-refractivity contribution in [2.45, 2.75) is 13.5 Å². The average molecular weight is 238 g/mol. The predicted octanol–water partition coefficient (Wildman–Crippen LogP) is -0.238. The number of hydrogen-bond donors (Lipinski definition) is 2. The summed E-state index contributed by atoms with van der Waals surface area (Å²) in [5, 5.41) is 4.40. The van der Waals surface area contributed by atoms with Gasteiger partial charge in [-0.05, 0) is 14.0 Å². The summed E-state index contributed by atoms with van der Waals surface area (Å²) in [6.07, 6.45) is 0. The second-order valence-electron chi connectivity index (χ2n) is 4.76. The van der Waals surface area contributed by atoms with Crippen molar-refractivity contribution >= 4 is 5.82 Å². The minimum absolute atomic E-state index is 0.918. The molecular formula is C11H22N6. The van der Waals surface area contributed by atoms with Gasteiger partial charge in [-0.2, -0.15) is 5.10 Å². The maximum Gasteiger partial charge on any atom is 0.142 e. The van der Waals surface area contributed by atoms with Crippen LogP contribution >= 0.6 is 0 Å². The van der Waals surface area contributed by atoms with Gasteiger partial charge in [0.25, 0.3) is 0 Å². The summed E-state index contributed by atoms with van der Waals surface area (Å²) in [6, 6.07) is 0. The second-order valence-corrected chi connectivity index (χ2v) is 4.76. The number of anilines is 1. The van der Waals surface area contributed by atoms with Crippen molar-refractivity contribution in [2.75, 3.05) is 38.7 Å². The summed E-state index contributed by atoms with van der Waals surface area (Å²) in [5.74, 6) is 6.47. The fourth-order valence-corrected chi connectivity index (χ4v) is 2.30. The van der Waals surface area contributed by atoms with Gasteiger partial charge < -0.3 is 10.3 Å². The molecule has 1 aliphatic heterocycles. The average Bonchev–Trinajstić information content (AvgIpc) is 2.57. The summed E-state index contributed by atoms with van der Waals surface area (Å²) in [6.45, 7) is 7.43. The highest BCUT2D eigenvalue weighted by Gasteiger charge is 2.19. The smallest absolute Gasteiger partial charge is 0.142 e. The van der Waals surface area contributed by atoms with E-state index in [1.54, 1.807) is 4.68 Å². The van der Waals surface area contributed by atoms with Crippen LogP contribution in [0.2, 0.25) is 0 Å². The number of nitrogens with zero attached hydrogens (tertiary/aromatic N) is 4. The molecule has 0 atom stereocenters. The van der Waals surface area contributed by atoms with Gasteiger partial charge in [0.2, 0.25) is 0 Å². The monoisotopic (exact) mass is 238 g/mol. The molecule has 2 heterocycles. The molecule has 0 spiro atoms. The zero-order valence-electron chi connectivity index (χ0n) is 10.9. The standard InChI is InChI=1S/C11H22N6/c1-9-10(11(13-12)16(3)14-9)8-17-6-4-15(2)5-7-17/h13H,4-8,12H2,1-3H3. The molecule has 6 heteroatoms. The third-order valence-electron chi connectivity index (χ3n) is 3.46. The van der Waals surface area contributed by atoms with Crippen LogP contribution < -0.4 is 11.3 Å². The number of piperazine rings is 1. The van der Waals surface area contributed by atoms with Crippen LogP contribution in [0.3, 0.4) is 0 Å². The van der Waals surface area contributed by atoms with Crippen LogP contribution in [0.4, 0.5) is 5.82 Å². The third-order valence-corrected chi connectivity index (χ3v) is 3.46. The minimum atomic E-state index is 0.918. The summed E-state index contributed by atoms with van der Waals surface area (Å²) in [7, 11) is 4.08. The van der Waals surface area contributed by atoms with Crippen LogP contribution in [0, 0.1) is 6.92 Å². The molecule has 0 aliphatic carbocycles. The highest BCUT2D eigenvalue weighted by Crippen LogP contribution is 2.20. The molecule has 0 unspecified atom stereocenters. The number of likely N-dealkylation sites (N-methyl/N-ethyl adjacent to an activating group) is 1. The normalized spacial score (nSPS) is 18.6. The molecule has 1 saturated heterocycles. The lowest BCUT2D eigenvalue weighted by molar-refractivity contribution is 0.148. The first-order valence-electron chi connectivity index (χ1n) is 6.02. The summed E-state index contributed by atoms with van der Waals surface area (Å²) in [5.41, 5.74) is 5.01. The van der Waals surface area contributed by atoms with E-state index < -0.39 is 0 Å². The van der Waals surface area contributed by atoms with Gasteiger partial charge in [0.1, 0.15) is 5.82 Å². The van der Waals surface area contributed by atoms with E-state index in [2.05, 4.69) is 27.4 Å². The van der Waals surface area contributed by atoms with Crippen molar-refractivity contribution < 1.29 is 0 Å². The molecule has 0 amide bonds. The lowest BCUT2D eigenvalue weighted by atomic mass is 10.2. The van der Waals surface area contributed by atoms with Crippen LogP contribution in [0.5, 0.6) is 0 Å². The molecule has 1 aromatic rings. The summed E-state index contributed by atoms with van der Waals surface area (Å²) >= 11 is 0. The molecular weight excluding hydrogens is 216 g/mol. The Hall–Kier alpha value is -1.11. The van der Waals surface area contributed by atoms with Crippen molar-refractivity contribution in [2.24, 2.45) is 12.9 Å². The lowest BCUT2D eigenvalue weighted by Crippen LogP contribution is -2.44. The Bertz CT molecular complexity index is 378. The maximum absolute atomic E-state index is 5.55. The summed E-state index contributed by atoms with van der Waals surface area (Å²) < 4.78 is 1.81. The number of nitrogen functional groups attached to an aromatic ring is 1. The van der Waals surface area contributed by atoms with Crippen LogP contribution in [-0.4, -0.2) is 52.8 Å². The first-order chi connectivity index (χ1) is 8.11. The molecule has 1 aromatic heterocycles. The number of rotatable bonds is 3. The van der Waals surface area contributed by atoms with Crippen LogP contribution in [0.25, 0.3) is 0 Å². The largest absolute Gasteiger partial charge is 0.308 e. The number of nitrogens with one attached hydrogen (secondary N) is 1. The number of hydrogen-bond acceptors (Lipinski definition) is 5. The number of aromatic nitrogens is 2. The molecule has 2 rings (SSSR count). The molecule has 1 fully saturated rings. The van der Waals surface area contributed by atoms with Crippen molar-refractivity contribution in [3.05, 3.63) is 11.3 Å². The van der Waals surface area contributed by atoms with Gasteiger partial charge >= 0.3 is 0 Å². The Labute approximate surface area is 102 Å². The van der Waals surface area contributed by atoms with E-state index in [1.807, 2.05) is 14.0 Å². The number of aryl methyl sites for hydroxylation is 2. The molecule has 0 aromatic carbocycles. The van der Waals surface area contributed by atoms with E-state index in [0.29, 0.717) is 0 Å². The van der Waals surface area contributed by atoms with Crippen LogP contribution in [-0.2, 0) is 13.6 Å². The number of hydrazine groups is 1. The Morgan fingerprint density at radius 1 is 1.24 bits per heavy atom. The predicted molar refractivity (Wildman–Crippen MR) is 68.5 cm³/mol. The van der Waals surface area contributed by atoms with Gasteiger partial charge in [0.15, 0.2) is 0 Å². The topological polar surface area (TPSA) is 62.4 Å². The van der Waals surface area contributed by atoms with Gasteiger partial charge in [0.05, 0.1) is 5.69 Å². The zero-order chi connectivity index (χ0) is 12.4. The molecule has 1 aliphatic rings. The Morgan fingerprint density at radius 3 is 2.47 bits per heavy atom. The van der Waals surface area contributed by atoms with Crippen molar-refractivity contribution in [3.63, 3.8) is 0 Å². The minimum Gasteiger partial charge on any atom is -0.308 e. The molecule has 17 heavy (non-hydrogen) atoms. The molecule has 0 bridgehead atoms. The van der Waals surface area contributed by atoms with Gasteiger partial charge in [0, 0.05) is 45.3 Å². The molecule has 3 N–H and O–H groups in total. The van der Waals surface area contributed by atoms with E-state index in [9.17, 15) is 0 Å². The van der Waals surface area contributed by atoms with Gasteiger partial charge in [-0.3, -0.25) is 9.58 Å². The molecule has 0 radical (unpaired) electrons. The zero-order valence-corrected chi connectivity index (χ0v) is 10.9. The first-order valence-corrected chi connectivity index (χ1v) is 6.02. The number of nitrogens with two attached hydrogens (primary N) is 1. The third kappa shape index (κ3) is 2.59. The van der Waals surface area contributed by atoms with Crippen LogP contribution in [0.15, 0.2) is 0 Å². The SMILES string of the molecule is Cc1nn(C)c(NN)c1CN1CCN(C)CC1. The van der Waals surface area contributed by atoms with Crippen molar-refractivity contribution in [1.82, 2.24) is 19.6 Å². The first kappa shape index (κ1) is 12.3. The van der Waals surface area contributed by atoms with Gasteiger partial charge in [-0.1, -0.05) is 0 Å².